The van der Waals surface area contributed by atoms with Gasteiger partial charge in [0.25, 0.3) is 0 Å². The standard InChI is InChI=1S/C11H11N.Y/c1-2-11-8-10-5-3-4-9(10)6-7-12-11;/h1-4,12H,5-7H2;/q-2;. The van der Waals surface area contributed by atoms with E-state index < -0.39 is 0 Å². The second kappa shape index (κ2) is 4.92. The van der Waals surface area contributed by atoms with Gasteiger partial charge in [-0.2, -0.15) is 5.57 Å². The van der Waals surface area contributed by atoms with E-state index in [9.17, 15) is 0 Å². The Kier molecular flexibility index (Phi) is 4.14. The number of rotatable bonds is 1. The van der Waals surface area contributed by atoms with Crippen molar-refractivity contribution in [2.75, 3.05) is 6.54 Å². The molecule has 0 aromatic rings. The quantitative estimate of drug-likeness (QED) is 0.697. The van der Waals surface area contributed by atoms with Gasteiger partial charge in [-0.3, -0.25) is 6.08 Å². The molecule has 0 aromatic carbocycles. The first-order valence-corrected chi connectivity index (χ1v) is 4.21. The van der Waals surface area contributed by atoms with E-state index in [1.165, 1.54) is 11.1 Å². The van der Waals surface area contributed by atoms with Gasteiger partial charge >= 0.3 is 0 Å². The van der Waals surface area contributed by atoms with Crippen LogP contribution in [-0.4, -0.2) is 6.54 Å². The van der Waals surface area contributed by atoms with E-state index in [4.69, 9.17) is 6.58 Å². The molecule has 0 aromatic heterocycles. The van der Waals surface area contributed by atoms with Gasteiger partial charge in [0.1, 0.15) is 0 Å². The molecule has 2 aliphatic rings. The summed E-state index contributed by atoms with van der Waals surface area (Å²) in [7, 11) is 0. The summed E-state index contributed by atoms with van der Waals surface area (Å²) in [6.45, 7) is 6.38. The molecule has 2 rings (SSSR count). The van der Waals surface area contributed by atoms with Crippen molar-refractivity contribution >= 4 is 0 Å². The summed E-state index contributed by atoms with van der Waals surface area (Å²) in [5.74, 6) is 0. The second-order valence-electron chi connectivity index (χ2n) is 2.99. The van der Waals surface area contributed by atoms with Crippen LogP contribution in [0.25, 0.3) is 0 Å². The molecule has 1 N–H and O–H groups in total. The van der Waals surface area contributed by atoms with Crippen molar-refractivity contribution < 1.29 is 32.7 Å². The monoisotopic (exact) mass is 246 g/mol. The maximum Gasteiger partial charge on any atom is 0 e. The normalized spacial score (nSPS) is 19.5. The molecule has 0 unspecified atom stereocenters. The van der Waals surface area contributed by atoms with Crippen LogP contribution in [0, 0.1) is 12.7 Å². The van der Waals surface area contributed by atoms with Gasteiger partial charge in [0, 0.05) is 32.7 Å². The Balaban J connectivity index is 0.000000845. The molecule has 1 radical (unpaired) electrons. The number of allylic oxidation sites excluding steroid dienone is 5. The third kappa shape index (κ3) is 2.41. The van der Waals surface area contributed by atoms with Crippen molar-refractivity contribution in [1.82, 2.24) is 5.32 Å². The van der Waals surface area contributed by atoms with Gasteiger partial charge < -0.3 is 18.0 Å². The molecular weight excluding hydrogens is 235 g/mol. The van der Waals surface area contributed by atoms with Crippen molar-refractivity contribution in [2.45, 2.75) is 12.8 Å². The van der Waals surface area contributed by atoms with Crippen LogP contribution in [0.15, 0.2) is 35.1 Å². The summed E-state index contributed by atoms with van der Waals surface area (Å²) >= 11 is 0. The summed E-state index contributed by atoms with van der Waals surface area (Å²) in [6.07, 6.45) is 11.3. The maximum atomic E-state index is 5.43. The van der Waals surface area contributed by atoms with E-state index in [0.29, 0.717) is 0 Å². The molecule has 1 nitrogen and oxygen atoms in total. The zero-order valence-electron chi connectivity index (χ0n) is 7.51. The summed E-state index contributed by atoms with van der Waals surface area (Å²) < 4.78 is 0. The van der Waals surface area contributed by atoms with Crippen molar-refractivity contribution in [3.63, 3.8) is 0 Å². The van der Waals surface area contributed by atoms with Crippen LogP contribution in [0.4, 0.5) is 0 Å². The van der Waals surface area contributed by atoms with Crippen molar-refractivity contribution in [1.29, 1.82) is 0 Å². The first-order chi connectivity index (χ1) is 5.90. The zero-order valence-corrected chi connectivity index (χ0v) is 10.3. The topological polar surface area (TPSA) is 12.0 Å². The van der Waals surface area contributed by atoms with Crippen LogP contribution in [0.1, 0.15) is 12.8 Å². The molecule has 0 fully saturated rings. The molecule has 1 aliphatic carbocycles. The smallest absolute Gasteiger partial charge is 0 e. The van der Waals surface area contributed by atoms with Gasteiger partial charge in [0.2, 0.25) is 0 Å². The first-order valence-electron chi connectivity index (χ1n) is 4.21. The van der Waals surface area contributed by atoms with Crippen molar-refractivity contribution in [2.24, 2.45) is 0 Å². The van der Waals surface area contributed by atoms with Crippen molar-refractivity contribution in [3.8, 4) is 0 Å². The Morgan fingerprint density at radius 1 is 1.54 bits per heavy atom. The van der Waals surface area contributed by atoms with Gasteiger partial charge in [-0.1, -0.05) is 12.5 Å². The second-order valence-corrected chi connectivity index (χ2v) is 2.99. The summed E-state index contributed by atoms with van der Waals surface area (Å²) in [4.78, 5) is 0. The molecule has 0 spiro atoms. The fourth-order valence-corrected chi connectivity index (χ4v) is 1.56. The molecule has 0 atom stereocenters. The molecule has 0 saturated heterocycles. The van der Waals surface area contributed by atoms with Crippen LogP contribution in [0.5, 0.6) is 0 Å². The van der Waals surface area contributed by atoms with E-state index >= 15 is 0 Å². The van der Waals surface area contributed by atoms with Crippen LogP contribution in [-0.2, 0) is 32.7 Å². The third-order valence-corrected chi connectivity index (χ3v) is 2.19. The Hall–Kier alpha value is -0.136. The molecule has 1 aliphatic heterocycles. The van der Waals surface area contributed by atoms with E-state index in [0.717, 1.165) is 25.1 Å². The van der Waals surface area contributed by atoms with Gasteiger partial charge in [0.15, 0.2) is 0 Å². The fraction of sp³-hybridized carbons (Fsp3) is 0.273. The summed E-state index contributed by atoms with van der Waals surface area (Å²) in [6, 6.07) is 0. The summed E-state index contributed by atoms with van der Waals surface area (Å²) in [5.41, 5.74) is 3.61. The molecule has 13 heavy (non-hydrogen) atoms. The molecule has 2 heteroatoms. The van der Waals surface area contributed by atoms with E-state index in [1.54, 1.807) is 6.08 Å². The van der Waals surface area contributed by atoms with Crippen LogP contribution < -0.4 is 5.32 Å². The Morgan fingerprint density at radius 2 is 2.38 bits per heavy atom. The first kappa shape index (κ1) is 10.9. The SMILES string of the molecule is [CH-]=CC1=[C-]C2=C(C=CC2)CCN1.[Y]. The molecule has 0 saturated carbocycles. The average Bonchev–Trinajstić information content (AvgIpc) is 2.43. The minimum atomic E-state index is 0. The maximum absolute atomic E-state index is 5.43. The van der Waals surface area contributed by atoms with E-state index in [2.05, 4.69) is 23.5 Å². The van der Waals surface area contributed by atoms with Crippen molar-refractivity contribution in [3.05, 3.63) is 47.7 Å². The average molecular weight is 246 g/mol. The Labute approximate surface area is 105 Å². The number of hydrogen-bond donors (Lipinski definition) is 1. The minimum Gasteiger partial charge on any atom is -0.486 e. The Morgan fingerprint density at radius 3 is 3.15 bits per heavy atom. The molecule has 65 valence electrons. The molecule has 1 heterocycles. The summed E-state index contributed by atoms with van der Waals surface area (Å²) in [5, 5.41) is 3.21. The zero-order chi connectivity index (χ0) is 8.39. The molecule has 0 amide bonds. The van der Waals surface area contributed by atoms with E-state index in [1.807, 2.05) is 0 Å². The predicted octanol–water partition coefficient (Wildman–Crippen LogP) is 1.91. The van der Waals surface area contributed by atoms with E-state index in [-0.39, 0.29) is 32.7 Å². The predicted molar refractivity (Wildman–Crippen MR) is 49.0 cm³/mol. The number of hydrogen-bond acceptors (Lipinski definition) is 1. The van der Waals surface area contributed by atoms with Crippen LogP contribution in [0.3, 0.4) is 0 Å². The van der Waals surface area contributed by atoms with Gasteiger partial charge in [-0.05, 0) is 13.0 Å². The molecular formula is C11H11NY-2. The van der Waals surface area contributed by atoms with Crippen LogP contribution >= 0.6 is 0 Å². The number of nitrogens with one attached hydrogen (secondary N) is 1. The van der Waals surface area contributed by atoms with Gasteiger partial charge in [0.05, 0.1) is 0 Å². The van der Waals surface area contributed by atoms with Gasteiger partial charge in [-0.25, -0.2) is 5.70 Å². The minimum absolute atomic E-state index is 0. The largest absolute Gasteiger partial charge is 0.486 e. The Bertz CT molecular complexity index is 297. The third-order valence-electron chi connectivity index (χ3n) is 2.19. The fourth-order valence-electron chi connectivity index (χ4n) is 1.56. The van der Waals surface area contributed by atoms with Crippen LogP contribution in [0.2, 0.25) is 0 Å². The van der Waals surface area contributed by atoms with Gasteiger partial charge in [-0.15, -0.1) is 11.6 Å². The molecule has 0 bridgehead atoms.